The Morgan fingerprint density at radius 3 is 2.79 bits per heavy atom. The van der Waals surface area contributed by atoms with E-state index in [1.165, 1.54) is 6.26 Å². The van der Waals surface area contributed by atoms with E-state index in [1.54, 1.807) is 10.4 Å². The lowest BCUT2D eigenvalue weighted by Gasteiger charge is -2.33. The summed E-state index contributed by atoms with van der Waals surface area (Å²) in [6.45, 7) is 0.635. The van der Waals surface area contributed by atoms with Crippen molar-refractivity contribution in [2.24, 2.45) is 0 Å². The monoisotopic (exact) mass is 303 g/mol. The molecule has 1 aliphatic heterocycles. The predicted octanol–water partition coefficient (Wildman–Crippen LogP) is 1.88. The highest BCUT2D eigenvalue weighted by molar-refractivity contribution is 7.88. The van der Waals surface area contributed by atoms with Crippen molar-refractivity contribution in [1.82, 2.24) is 14.5 Å². The molecule has 106 valence electrons. The lowest BCUT2D eigenvalue weighted by molar-refractivity contribution is 0.242. The van der Waals surface area contributed by atoms with Gasteiger partial charge in [-0.15, -0.1) is 5.10 Å². The number of rotatable bonds is 4. The number of piperidine rings is 1. The summed E-state index contributed by atoms with van der Waals surface area (Å²) in [7, 11) is -3.11. The van der Waals surface area contributed by atoms with Gasteiger partial charge in [0, 0.05) is 12.6 Å². The molecule has 1 fully saturated rings. The zero-order chi connectivity index (χ0) is 13.9. The zero-order valence-electron chi connectivity index (χ0n) is 10.9. The Labute approximate surface area is 119 Å². The van der Waals surface area contributed by atoms with Crippen molar-refractivity contribution in [2.45, 2.75) is 38.1 Å². The molecule has 0 aliphatic carbocycles. The van der Waals surface area contributed by atoms with E-state index in [1.807, 2.05) is 6.07 Å². The summed E-state index contributed by atoms with van der Waals surface area (Å²) >= 11 is 5.68. The summed E-state index contributed by atoms with van der Waals surface area (Å²) in [5.41, 5.74) is 0.850. The van der Waals surface area contributed by atoms with Gasteiger partial charge in [0.15, 0.2) is 5.15 Å². The van der Waals surface area contributed by atoms with Crippen molar-refractivity contribution in [3.8, 4) is 0 Å². The Hall–Kier alpha value is -0.720. The zero-order valence-corrected chi connectivity index (χ0v) is 12.5. The van der Waals surface area contributed by atoms with E-state index in [0.717, 1.165) is 37.8 Å². The maximum atomic E-state index is 11.7. The molecule has 0 radical (unpaired) electrons. The van der Waals surface area contributed by atoms with Crippen LogP contribution in [0, 0.1) is 0 Å². The first-order valence-electron chi connectivity index (χ1n) is 6.42. The Morgan fingerprint density at radius 2 is 2.16 bits per heavy atom. The fraction of sp³-hybridized carbons (Fsp3) is 0.667. The first-order chi connectivity index (χ1) is 8.97. The summed E-state index contributed by atoms with van der Waals surface area (Å²) in [5, 5.41) is 8.17. The van der Waals surface area contributed by atoms with Crippen LogP contribution in [0.4, 0.5) is 0 Å². The van der Waals surface area contributed by atoms with E-state index in [9.17, 15) is 8.42 Å². The molecule has 0 spiro atoms. The van der Waals surface area contributed by atoms with Gasteiger partial charge in [-0.3, -0.25) is 0 Å². The Morgan fingerprint density at radius 1 is 1.37 bits per heavy atom. The van der Waals surface area contributed by atoms with E-state index in [4.69, 9.17) is 11.6 Å². The second kappa shape index (κ2) is 6.15. The normalized spacial score (nSPS) is 21.5. The van der Waals surface area contributed by atoms with Crippen molar-refractivity contribution < 1.29 is 8.42 Å². The fourth-order valence-electron chi connectivity index (χ4n) is 2.49. The van der Waals surface area contributed by atoms with Gasteiger partial charge >= 0.3 is 0 Å². The van der Waals surface area contributed by atoms with Crippen LogP contribution in [0.15, 0.2) is 12.1 Å². The number of nitrogens with zero attached hydrogens (tertiary/aromatic N) is 3. The molecule has 0 unspecified atom stereocenters. The van der Waals surface area contributed by atoms with Gasteiger partial charge < -0.3 is 0 Å². The van der Waals surface area contributed by atoms with Crippen LogP contribution < -0.4 is 0 Å². The smallest absolute Gasteiger partial charge is 0.211 e. The van der Waals surface area contributed by atoms with Crippen LogP contribution in [0.5, 0.6) is 0 Å². The van der Waals surface area contributed by atoms with Gasteiger partial charge in [-0.25, -0.2) is 8.42 Å². The Kier molecular flexibility index (Phi) is 4.76. The predicted molar refractivity (Wildman–Crippen MR) is 74.6 cm³/mol. The minimum Gasteiger partial charge on any atom is -0.212 e. The fourth-order valence-corrected chi connectivity index (χ4v) is 3.80. The molecule has 7 heteroatoms. The summed E-state index contributed by atoms with van der Waals surface area (Å²) in [6.07, 6.45) is 5.75. The first-order valence-corrected chi connectivity index (χ1v) is 8.64. The number of aromatic nitrogens is 2. The van der Waals surface area contributed by atoms with Gasteiger partial charge in [-0.2, -0.15) is 9.40 Å². The van der Waals surface area contributed by atoms with Gasteiger partial charge in [-0.1, -0.05) is 18.0 Å². The minimum absolute atomic E-state index is 0.0845. The van der Waals surface area contributed by atoms with Crippen molar-refractivity contribution in [1.29, 1.82) is 0 Å². The highest BCUT2D eigenvalue weighted by Crippen LogP contribution is 2.23. The van der Waals surface area contributed by atoms with Gasteiger partial charge in [-0.05, 0) is 37.8 Å². The largest absolute Gasteiger partial charge is 0.212 e. The third-order valence-electron chi connectivity index (χ3n) is 3.42. The van der Waals surface area contributed by atoms with Crippen molar-refractivity contribution >= 4 is 21.6 Å². The van der Waals surface area contributed by atoms with Crippen LogP contribution in [-0.2, 0) is 16.4 Å². The topological polar surface area (TPSA) is 63.2 Å². The second-order valence-electron chi connectivity index (χ2n) is 4.91. The number of halogens is 1. The van der Waals surface area contributed by atoms with E-state index in [-0.39, 0.29) is 6.04 Å². The lowest BCUT2D eigenvalue weighted by Crippen LogP contribution is -2.43. The van der Waals surface area contributed by atoms with E-state index < -0.39 is 10.0 Å². The van der Waals surface area contributed by atoms with Gasteiger partial charge in [0.05, 0.1) is 11.9 Å². The van der Waals surface area contributed by atoms with Crippen molar-refractivity contribution in [3.63, 3.8) is 0 Å². The van der Waals surface area contributed by atoms with E-state index >= 15 is 0 Å². The molecule has 2 rings (SSSR count). The molecule has 0 saturated carbocycles. The highest BCUT2D eigenvalue weighted by Gasteiger charge is 2.28. The van der Waals surface area contributed by atoms with Crippen molar-refractivity contribution in [3.05, 3.63) is 23.0 Å². The van der Waals surface area contributed by atoms with Crippen LogP contribution in [0.1, 0.15) is 31.4 Å². The number of sulfonamides is 1. The van der Waals surface area contributed by atoms with Crippen molar-refractivity contribution in [2.75, 3.05) is 12.8 Å². The third-order valence-corrected chi connectivity index (χ3v) is 4.95. The van der Waals surface area contributed by atoms with Gasteiger partial charge in [0.25, 0.3) is 0 Å². The summed E-state index contributed by atoms with van der Waals surface area (Å²) in [5.74, 6) is 0. The molecule has 0 amide bonds. The molecule has 19 heavy (non-hydrogen) atoms. The highest BCUT2D eigenvalue weighted by atomic mass is 35.5. The number of hydrogen-bond acceptors (Lipinski definition) is 4. The maximum absolute atomic E-state index is 11.7. The molecule has 1 saturated heterocycles. The Bertz CT molecular complexity index is 518. The maximum Gasteiger partial charge on any atom is 0.211 e. The first kappa shape index (κ1) is 14.7. The van der Waals surface area contributed by atoms with Gasteiger partial charge in [0.1, 0.15) is 0 Å². The molecular formula is C12H18ClN3O2S. The summed E-state index contributed by atoms with van der Waals surface area (Å²) < 4.78 is 25.1. The van der Waals surface area contributed by atoms with E-state index in [0.29, 0.717) is 11.7 Å². The van der Waals surface area contributed by atoms with Crippen LogP contribution in [0.25, 0.3) is 0 Å². The molecule has 0 aromatic carbocycles. The molecule has 0 N–H and O–H groups in total. The Balaban J connectivity index is 1.98. The molecule has 1 aliphatic rings. The lowest BCUT2D eigenvalue weighted by atomic mass is 9.99. The van der Waals surface area contributed by atoms with Crippen LogP contribution >= 0.6 is 11.6 Å². The van der Waals surface area contributed by atoms with E-state index in [2.05, 4.69) is 10.2 Å². The molecular weight excluding hydrogens is 286 g/mol. The third kappa shape index (κ3) is 4.12. The standard InChI is InChI=1S/C12H18ClN3O2S/c1-19(17,18)16-9-3-2-4-11(16)7-5-10-6-8-12(13)15-14-10/h6,8,11H,2-5,7,9H2,1H3/t11-/m0/s1. The van der Waals surface area contributed by atoms with Crippen LogP contribution in [0.3, 0.4) is 0 Å². The quantitative estimate of drug-likeness (QED) is 0.852. The second-order valence-corrected chi connectivity index (χ2v) is 7.23. The number of hydrogen-bond donors (Lipinski definition) is 0. The molecule has 2 heterocycles. The summed E-state index contributed by atoms with van der Waals surface area (Å²) in [4.78, 5) is 0. The van der Waals surface area contributed by atoms with Gasteiger partial charge in [0.2, 0.25) is 10.0 Å². The average Bonchev–Trinajstić information content (AvgIpc) is 2.37. The SMILES string of the molecule is CS(=O)(=O)N1CCCC[C@H]1CCc1ccc(Cl)nn1. The molecule has 1 aromatic heterocycles. The number of aryl methyl sites for hydroxylation is 1. The summed E-state index contributed by atoms with van der Waals surface area (Å²) in [6, 6.07) is 3.63. The average molecular weight is 304 g/mol. The molecule has 5 nitrogen and oxygen atoms in total. The molecule has 0 bridgehead atoms. The van der Waals surface area contributed by atoms with Crippen LogP contribution in [0.2, 0.25) is 5.15 Å². The minimum atomic E-state index is -3.11. The molecule has 1 aromatic rings. The molecule has 1 atom stereocenters. The van der Waals surface area contributed by atoms with Crippen LogP contribution in [-0.4, -0.2) is 41.8 Å².